The minimum atomic E-state index is -1.64. The molecule has 0 fully saturated rings. The summed E-state index contributed by atoms with van der Waals surface area (Å²) >= 11 is 0. The fourth-order valence-corrected chi connectivity index (χ4v) is 1.46. The molecule has 0 aromatic heterocycles. The van der Waals surface area contributed by atoms with E-state index >= 15 is 0 Å². The van der Waals surface area contributed by atoms with Gasteiger partial charge in [-0.25, -0.2) is 0 Å². The largest absolute Gasteiger partial charge is 0.502 e. The summed E-state index contributed by atoms with van der Waals surface area (Å²) in [5.74, 6) is -1.59. The van der Waals surface area contributed by atoms with Gasteiger partial charge in [0.2, 0.25) is 5.91 Å². The fourth-order valence-electron chi connectivity index (χ4n) is 1.46. The van der Waals surface area contributed by atoms with Gasteiger partial charge in [0, 0.05) is 11.6 Å². The van der Waals surface area contributed by atoms with Crippen molar-refractivity contribution in [3.05, 3.63) is 33.9 Å². The molecule has 98 valence electrons. The maximum Gasteiger partial charge on any atom is 0.311 e. The highest BCUT2D eigenvalue weighted by Gasteiger charge is 2.26. The van der Waals surface area contributed by atoms with E-state index in [1.807, 2.05) is 0 Å². The van der Waals surface area contributed by atoms with Crippen LogP contribution in [0.15, 0.2) is 18.2 Å². The normalized spacial score (nSPS) is 13.9. The minimum absolute atomic E-state index is 0.238. The molecule has 2 unspecified atom stereocenters. The first-order valence-corrected chi connectivity index (χ1v) is 4.95. The third kappa shape index (κ3) is 2.93. The van der Waals surface area contributed by atoms with Crippen molar-refractivity contribution >= 4 is 11.6 Å². The van der Waals surface area contributed by atoms with Crippen LogP contribution >= 0.6 is 0 Å². The number of hydrogen-bond acceptors (Lipinski definition) is 6. The maximum atomic E-state index is 10.6. The first-order valence-electron chi connectivity index (χ1n) is 4.95. The average molecular weight is 256 g/mol. The second-order valence-corrected chi connectivity index (χ2v) is 3.65. The lowest BCUT2D eigenvalue weighted by Gasteiger charge is -2.17. The molecule has 0 aliphatic carbocycles. The molecule has 1 aromatic carbocycles. The van der Waals surface area contributed by atoms with Gasteiger partial charge in [-0.15, -0.1) is 0 Å². The second-order valence-electron chi connectivity index (χ2n) is 3.65. The molecule has 0 saturated heterocycles. The Balaban J connectivity index is 3.06. The molecule has 8 heteroatoms. The Labute approximate surface area is 101 Å². The number of nitro groups is 1. The van der Waals surface area contributed by atoms with Gasteiger partial charge in [0.25, 0.3) is 0 Å². The van der Waals surface area contributed by atoms with E-state index in [9.17, 15) is 30.2 Å². The van der Waals surface area contributed by atoms with E-state index in [0.29, 0.717) is 0 Å². The predicted octanol–water partition coefficient (Wildman–Crippen LogP) is -0.430. The zero-order chi connectivity index (χ0) is 13.9. The molecule has 18 heavy (non-hydrogen) atoms. The average Bonchev–Trinajstić information content (AvgIpc) is 2.27. The molecule has 0 heterocycles. The molecule has 8 nitrogen and oxygen atoms in total. The number of aliphatic hydroxyl groups is 2. The first-order chi connectivity index (χ1) is 8.34. The number of primary amides is 1. The number of benzene rings is 1. The first kappa shape index (κ1) is 13.9. The number of carbonyl (C=O) groups is 1. The monoisotopic (exact) mass is 256 g/mol. The van der Waals surface area contributed by atoms with Gasteiger partial charge in [-0.2, -0.15) is 0 Å². The van der Waals surface area contributed by atoms with Crippen molar-refractivity contribution < 1.29 is 25.0 Å². The van der Waals surface area contributed by atoms with Crippen molar-refractivity contribution in [1.82, 2.24) is 0 Å². The summed E-state index contributed by atoms with van der Waals surface area (Å²) in [5, 5.41) is 39.3. The number of carbonyl (C=O) groups excluding carboxylic acids is 1. The molecule has 2 atom stereocenters. The zero-order valence-corrected chi connectivity index (χ0v) is 9.18. The SMILES string of the molecule is NC(=O)CC(O)C(O)c1cccc([N+](=O)[O-])c1O. The Morgan fingerprint density at radius 2 is 2.06 bits per heavy atom. The van der Waals surface area contributed by atoms with Crippen LogP contribution in [0, 0.1) is 10.1 Å². The number of hydrogen-bond donors (Lipinski definition) is 4. The molecule has 1 rings (SSSR count). The van der Waals surface area contributed by atoms with Crippen LogP contribution in [0.3, 0.4) is 0 Å². The van der Waals surface area contributed by atoms with Crippen molar-refractivity contribution in [2.75, 3.05) is 0 Å². The van der Waals surface area contributed by atoms with Gasteiger partial charge >= 0.3 is 5.69 Å². The van der Waals surface area contributed by atoms with Gasteiger partial charge < -0.3 is 21.1 Å². The smallest absolute Gasteiger partial charge is 0.311 e. The van der Waals surface area contributed by atoms with E-state index in [0.717, 1.165) is 6.07 Å². The van der Waals surface area contributed by atoms with Gasteiger partial charge in [0.15, 0.2) is 5.75 Å². The molecule has 5 N–H and O–H groups in total. The fraction of sp³-hybridized carbons (Fsp3) is 0.300. The quantitative estimate of drug-likeness (QED) is 0.415. The third-order valence-electron chi connectivity index (χ3n) is 2.34. The van der Waals surface area contributed by atoms with Gasteiger partial charge in [-0.05, 0) is 0 Å². The van der Waals surface area contributed by atoms with Crippen LogP contribution in [-0.4, -0.2) is 32.3 Å². The van der Waals surface area contributed by atoms with E-state index in [2.05, 4.69) is 0 Å². The summed E-state index contributed by atoms with van der Waals surface area (Å²) < 4.78 is 0. The molecular weight excluding hydrogens is 244 g/mol. The maximum absolute atomic E-state index is 10.6. The Morgan fingerprint density at radius 3 is 2.56 bits per heavy atom. The van der Waals surface area contributed by atoms with E-state index in [1.165, 1.54) is 12.1 Å². The molecule has 0 radical (unpaired) electrons. The molecule has 0 bridgehead atoms. The van der Waals surface area contributed by atoms with Crippen LogP contribution in [0.5, 0.6) is 5.75 Å². The Bertz CT molecular complexity index is 475. The van der Waals surface area contributed by atoms with Crippen LogP contribution in [0.2, 0.25) is 0 Å². The van der Waals surface area contributed by atoms with Crippen molar-refractivity contribution in [3.8, 4) is 5.75 Å². The van der Waals surface area contributed by atoms with Crippen molar-refractivity contribution in [1.29, 1.82) is 0 Å². The topological polar surface area (TPSA) is 147 Å². The van der Waals surface area contributed by atoms with Gasteiger partial charge in [-0.1, -0.05) is 12.1 Å². The lowest BCUT2D eigenvalue weighted by Crippen LogP contribution is -2.25. The minimum Gasteiger partial charge on any atom is -0.502 e. The number of amides is 1. The van der Waals surface area contributed by atoms with Crippen molar-refractivity contribution in [3.63, 3.8) is 0 Å². The van der Waals surface area contributed by atoms with E-state index in [1.54, 1.807) is 0 Å². The van der Waals surface area contributed by atoms with Crippen molar-refractivity contribution in [2.24, 2.45) is 5.73 Å². The highest BCUT2D eigenvalue weighted by Crippen LogP contribution is 2.34. The van der Waals surface area contributed by atoms with Crippen LogP contribution < -0.4 is 5.73 Å². The number of nitrogens with two attached hydrogens (primary N) is 1. The van der Waals surface area contributed by atoms with Gasteiger partial charge in [-0.3, -0.25) is 14.9 Å². The molecule has 0 aliphatic rings. The summed E-state index contributed by atoms with van der Waals surface area (Å²) in [6, 6.07) is 3.50. The van der Waals surface area contributed by atoms with Gasteiger partial charge in [0.1, 0.15) is 6.10 Å². The number of aliphatic hydroxyl groups excluding tert-OH is 2. The molecule has 0 saturated carbocycles. The second kappa shape index (κ2) is 5.43. The Morgan fingerprint density at radius 1 is 1.44 bits per heavy atom. The molecule has 1 aromatic rings. The molecule has 0 aliphatic heterocycles. The summed E-state index contributed by atoms with van der Waals surface area (Å²) in [5.41, 5.74) is 4.01. The molecule has 1 amide bonds. The van der Waals surface area contributed by atoms with Crippen LogP contribution in [0.1, 0.15) is 18.1 Å². The third-order valence-corrected chi connectivity index (χ3v) is 2.34. The number of nitro benzene ring substituents is 1. The van der Waals surface area contributed by atoms with Crippen LogP contribution in [0.4, 0.5) is 5.69 Å². The van der Waals surface area contributed by atoms with E-state index in [4.69, 9.17) is 5.73 Å². The standard InChI is InChI=1S/C10H12N2O6/c11-8(14)4-7(13)10(16)5-2-1-3-6(9(5)15)12(17)18/h1-3,7,10,13,15-16H,4H2,(H2,11,14). The van der Waals surface area contributed by atoms with E-state index in [-0.39, 0.29) is 5.56 Å². The summed E-state index contributed by atoms with van der Waals surface area (Å²) in [7, 11) is 0. The molecular formula is C10H12N2O6. The lowest BCUT2D eigenvalue weighted by atomic mass is 10.0. The Hall–Kier alpha value is -2.19. The highest BCUT2D eigenvalue weighted by molar-refractivity contribution is 5.74. The Kier molecular flexibility index (Phi) is 4.18. The lowest BCUT2D eigenvalue weighted by molar-refractivity contribution is -0.386. The summed E-state index contributed by atoms with van der Waals surface area (Å²) in [6.07, 6.45) is -3.71. The number of para-hydroxylation sites is 1. The summed E-state index contributed by atoms with van der Waals surface area (Å²) in [6.45, 7) is 0. The predicted molar refractivity (Wildman–Crippen MR) is 59.5 cm³/mol. The number of aromatic hydroxyl groups is 1. The molecule has 0 spiro atoms. The highest BCUT2D eigenvalue weighted by atomic mass is 16.6. The number of phenols is 1. The van der Waals surface area contributed by atoms with Crippen molar-refractivity contribution in [2.45, 2.75) is 18.6 Å². The number of nitrogens with zero attached hydrogens (tertiary/aromatic N) is 1. The van der Waals surface area contributed by atoms with E-state index < -0.39 is 40.9 Å². The van der Waals surface area contributed by atoms with Crippen LogP contribution in [-0.2, 0) is 4.79 Å². The van der Waals surface area contributed by atoms with Crippen LogP contribution in [0.25, 0.3) is 0 Å². The van der Waals surface area contributed by atoms with Gasteiger partial charge in [0.05, 0.1) is 17.4 Å². The zero-order valence-electron chi connectivity index (χ0n) is 9.18. The number of rotatable bonds is 5. The summed E-state index contributed by atoms with van der Waals surface area (Å²) in [4.78, 5) is 20.3. The number of phenolic OH excluding ortho intramolecular Hbond substituents is 1.